The van der Waals surface area contributed by atoms with Gasteiger partial charge in [0, 0.05) is 0 Å². The molecular formula is C20H29N3O4S. The lowest BCUT2D eigenvalue weighted by Gasteiger charge is -2.28. The van der Waals surface area contributed by atoms with Crippen LogP contribution in [-0.4, -0.2) is 46.6 Å². The predicted octanol–water partition coefficient (Wildman–Crippen LogP) is 2.99. The Bertz CT molecular complexity index is 698. The first kappa shape index (κ1) is 22.2. The Hall–Kier alpha value is -2.06. The first-order valence-corrected chi connectivity index (χ1v) is 10.1. The van der Waals surface area contributed by atoms with Gasteiger partial charge in [-0.25, -0.2) is 9.69 Å². The Morgan fingerprint density at radius 2 is 2.00 bits per heavy atom. The Morgan fingerprint density at radius 1 is 1.32 bits per heavy atom. The average Bonchev–Trinajstić information content (AvgIpc) is 3.08. The smallest absolute Gasteiger partial charge is 0.417 e. The molecule has 28 heavy (non-hydrogen) atoms. The molecule has 4 atom stereocenters. The number of benzene rings is 1. The van der Waals surface area contributed by atoms with Crippen LogP contribution in [0.1, 0.15) is 39.2 Å². The van der Waals surface area contributed by atoms with Crippen molar-refractivity contribution in [2.75, 3.05) is 6.54 Å². The van der Waals surface area contributed by atoms with E-state index < -0.39 is 24.1 Å². The lowest BCUT2D eigenvalue weighted by molar-refractivity contribution is -0.133. The van der Waals surface area contributed by atoms with Crippen molar-refractivity contribution in [2.45, 2.75) is 57.6 Å². The van der Waals surface area contributed by atoms with Crippen LogP contribution in [0.3, 0.4) is 0 Å². The van der Waals surface area contributed by atoms with E-state index in [1.54, 1.807) is 0 Å². The summed E-state index contributed by atoms with van der Waals surface area (Å²) in [6.07, 6.45) is 0.124. The molecule has 7 nitrogen and oxygen atoms in total. The predicted molar refractivity (Wildman–Crippen MR) is 111 cm³/mol. The summed E-state index contributed by atoms with van der Waals surface area (Å²) in [7, 11) is 0. The van der Waals surface area contributed by atoms with Gasteiger partial charge in [-0.2, -0.15) is 12.6 Å². The molecule has 0 saturated carbocycles. The fraction of sp³-hybridized carbons (Fsp3) is 0.550. The summed E-state index contributed by atoms with van der Waals surface area (Å²) < 4.78 is 5.37. The molecule has 0 fully saturated rings. The maximum atomic E-state index is 12.9. The molecule has 1 aromatic carbocycles. The van der Waals surface area contributed by atoms with Gasteiger partial charge in [-0.05, 0) is 17.9 Å². The van der Waals surface area contributed by atoms with Gasteiger partial charge < -0.3 is 15.3 Å². The first-order chi connectivity index (χ1) is 13.4. The molecule has 2 N–H and O–H groups in total. The van der Waals surface area contributed by atoms with Crippen molar-refractivity contribution < 1.29 is 19.2 Å². The van der Waals surface area contributed by atoms with Crippen LogP contribution in [0, 0.1) is 5.92 Å². The molecule has 154 valence electrons. The van der Waals surface area contributed by atoms with E-state index in [9.17, 15) is 9.59 Å². The molecule has 8 heteroatoms. The molecule has 1 aliphatic rings. The number of rotatable bonds is 8. The molecular weight excluding hydrogens is 378 g/mol. The van der Waals surface area contributed by atoms with Gasteiger partial charge in [-0.3, -0.25) is 4.79 Å². The van der Waals surface area contributed by atoms with E-state index in [1.165, 1.54) is 0 Å². The fourth-order valence-corrected chi connectivity index (χ4v) is 3.16. The lowest BCUT2D eigenvalue weighted by atomic mass is 9.98. The maximum Gasteiger partial charge on any atom is 0.417 e. The zero-order valence-corrected chi connectivity index (χ0v) is 17.5. The molecule has 0 bridgehead atoms. The van der Waals surface area contributed by atoms with Gasteiger partial charge in [0.2, 0.25) is 5.91 Å². The van der Waals surface area contributed by atoms with E-state index in [2.05, 4.69) is 17.8 Å². The minimum absolute atomic E-state index is 0.0161. The summed E-state index contributed by atoms with van der Waals surface area (Å²) in [5.74, 6) is -0.558. The molecule has 1 heterocycles. The van der Waals surface area contributed by atoms with Gasteiger partial charge in [0.05, 0.1) is 23.5 Å². The van der Waals surface area contributed by atoms with Crippen molar-refractivity contribution in [3.63, 3.8) is 0 Å². The second kappa shape index (κ2) is 10.5. The molecule has 0 spiro atoms. The molecule has 0 saturated heterocycles. The molecule has 1 aromatic rings. The number of hydrogen-bond acceptors (Lipinski definition) is 7. The number of amides is 2. The Morgan fingerprint density at radius 3 is 2.57 bits per heavy atom. The SMILES string of the molecule is CCC1=NOC(CN(C(=O)OCc2ccccc2)C(=O)[C@@H](N)[C@@H](C)CC)C1S. The van der Waals surface area contributed by atoms with Crippen molar-refractivity contribution >= 4 is 30.3 Å². The zero-order valence-electron chi connectivity index (χ0n) is 16.6. The quantitative estimate of drug-likeness (QED) is 0.646. The Labute approximate surface area is 171 Å². The summed E-state index contributed by atoms with van der Waals surface area (Å²) in [6, 6.07) is 8.46. The average molecular weight is 408 g/mol. The van der Waals surface area contributed by atoms with Gasteiger partial charge in [0.15, 0.2) is 6.10 Å². The van der Waals surface area contributed by atoms with Crippen molar-refractivity contribution in [2.24, 2.45) is 16.8 Å². The van der Waals surface area contributed by atoms with Gasteiger partial charge in [-0.15, -0.1) is 0 Å². The Balaban J connectivity index is 2.11. The molecule has 0 radical (unpaired) electrons. The number of ether oxygens (including phenoxy) is 1. The largest absolute Gasteiger partial charge is 0.444 e. The number of nitrogens with zero attached hydrogens (tertiary/aromatic N) is 2. The third-order valence-corrected chi connectivity index (χ3v) is 5.59. The number of imide groups is 1. The highest BCUT2D eigenvalue weighted by Crippen LogP contribution is 2.21. The molecule has 2 rings (SSSR count). The molecule has 0 aliphatic carbocycles. The first-order valence-electron chi connectivity index (χ1n) is 9.57. The summed E-state index contributed by atoms with van der Waals surface area (Å²) in [4.78, 5) is 32.1. The van der Waals surface area contributed by atoms with Crippen LogP contribution in [0.5, 0.6) is 0 Å². The summed E-state index contributed by atoms with van der Waals surface area (Å²) >= 11 is 4.52. The van der Waals surface area contributed by atoms with Gasteiger partial charge in [-0.1, -0.05) is 62.7 Å². The van der Waals surface area contributed by atoms with Crippen molar-refractivity contribution in [1.82, 2.24) is 4.90 Å². The second-order valence-electron chi connectivity index (χ2n) is 6.93. The third kappa shape index (κ3) is 5.48. The lowest BCUT2D eigenvalue weighted by Crippen LogP contribution is -2.52. The van der Waals surface area contributed by atoms with E-state index in [0.717, 1.165) is 22.6 Å². The summed E-state index contributed by atoms with van der Waals surface area (Å²) in [5.41, 5.74) is 7.70. The Kier molecular flexibility index (Phi) is 8.32. The fourth-order valence-electron chi connectivity index (χ4n) is 2.78. The molecule has 2 unspecified atom stereocenters. The highest BCUT2D eigenvalue weighted by atomic mass is 32.1. The van der Waals surface area contributed by atoms with Crippen LogP contribution in [0.25, 0.3) is 0 Å². The van der Waals surface area contributed by atoms with Crippen LogP contribution in [0.4, 0.5) is 4.79 Å². The summed E-state index contributed by atoms with van der Waals surface area (Å²) in [5, 5.41) is 3.71. The molecule has 2 amide bonds. The van der Waals surface area contributed by atoms with Crippen molar-refractivity contribution in [3.8, 4) is 0 Å². The standard InChI is InChI=1S/C20H29N3O4S/c1-4-13(3)17(21)19(24)23(11-16-18(28)15(5-2)22-27-16)20(25)26-12-14-9-7-6-8-10-14/h6-10,13,16-18,28H,4-5,11-12,21H2,1-3H3/t13-,16?,17-,18?/m0/s1. The van der Waals surface area contributed by atoms with E-state index in [0.29, 0.717) is 6.42 Å². The van der Waals surface area contributed by atoms with E-state index in [4.69, 9.17) is 15.3 Å². The zero-order chi connectivity index (χ0) is 20.7. The second-order valence-corrected chi connectivity index (χ2v) is 7.48. The van der Waals surface area contributed by atoms with Gasteiger partial charge >= 0.3 is 6.09 Å². The monoisotopic (exact) mass is 407 g/mol. The minimum atomic E-state index is -0.805. The van der Waals surface area contributed by atoms with Crippen LogP contribution in [0.15, 0.2) is 35.5 Å². The number of thiol groups is 1. The highest BCUT2D eigenvalue weighted by molar-refractivity contribution is 7.82. The number of carbonyl (C=O) groups is 2. The van der Waals surface area contributed by atoms with Gasteiger partial charge in [0.1, 0.15) is 6.61 Å². The van der Waals surface area contributed by atoms with E-state index in [1.807, 2.05) is 51.1 Å². The van der Waals surface area contributed by atoms with E-state index in [-0.39, 0.29) is 24.3 Å². The highest BCUT2D eigenvalue weighted by Gasteiger charge is 2.38. The third-order valence-electron chi connectivity index (χ3n) is 4.96. The molecule has 0 aromatic heterocycles. The van der Waals surface area contributed by atoms with Crippen LogP contribution >= 0.6 is 12.6 Å². The van der Waals surface area contributed by atoms with Crippen LogP contribution in [-0.2, 0) is 21.0 Å². The van der Waals surface area contributed by atoms with Crippen LogP contribution < -0.4 is 5.73 Å². The normalized spacial score (nSPS) is 20.7. The topological polar surface area (TPSA) is 94.2 Å². The van der Waals surface area contributed by atoms with Crippen LogP contribution in [0.2, 0.25) is 0 Å². The number of carbonyl (C=O) groups excluding carboxylic acids is 2. The summed E-state index contributed by atoms with van der Waals surface area (Å²) in [6.45, 7) is 5.82. The number of hydrogen-bond donors (Lipinski definition) is 2. The maximum absolute atomic E-state index is 12.9. The minimum Gasteiger partial charge on any atom is -0.444 e. The van der Waals surface area contributed by atoms with Crippen molar-refractivity contribution in [3.05, 3.63) is 35.9 Å². The molecule has 1 aliphatic heterocycles. The van der Waals surface area contributed by atoms with E-state index >= 15 is 0 Å². The van der Waals surface area contributed by atoms with Gasteiger partial charge in [0.25, 0.3) is 0 Å². The number of nitrogens with two attached hydrogens (primary N) is 1. The van der Waals surface area contributed by atoms with Crippen molar-refractivity contribution in [1.29, 1.82) is 0 Å². The number of oxime groups is 1.